The summed E-state index contributed by atoms with van der Waals surface area (Å²) in [5, 5.41) is 16.7. The van der Waals surface area contributed by atoms with Crippen LogP contribution in [-0.2, 0) is 29.0 Å². The Morgan fingerprint density at radius 2 is 1.41 bits per heavy atom. The van der Waals surface area contributed by atoms with E-state index in [1.54, 1.807) is 32.4 Å². The van der Waals surface area contributed by atoms with E-state index >= 15 is 0 Å². The molecule has 0 atom stereocenters. The summed E-state index contributed by atoms with van der Waals surface area (Å²) in [5.41, 5.74) is 8.05. The Kier molecular flexibility index (Phi) is 13.7. The van der Waals surface area contributed by atoms with E-state index in [0.717, 1.165) is 17.9 Å². The quantitative estimate of drug-likeness (QED) is 0.185. The first-order chi connectivity index (χ1) is 12.6. The summed E-state index contributed by atoms with van der Waals surface area (Å²) in [4.78, 5) is 10.2. The maximum atomic E-state index is 10.6. The zero-order chi connectivity index (χ0) is 19.2. The molecule has 2 aromatic rings. The fourth-order valence-corrected chi connectivity index (χ4v) is 2.02. The molecule has 0 aliphatic rings. The van der Waals surface area contributed by atoms with Crippen molar-refractivity contribution in [2.45, 2.75) is 0 Å². The number of nitrogens with zero attached hydrogens (tertiary/aromatic N) is 1. The molecule has 0 aromatic heterocycles. The second-order valence-electron chi connectivity index (χ2n) is 5.20. The van der Waals surface area contributed by atoms with Crippen LogP contribution < -0.4 is 16.4 Å². The molecule has 0 saturated heterocycles. The zero-order valence-corrected chi connectivity index (χ0v) is 18.8. The molecular formula is C18H26N4O4Zn. The van der Waals surface area contributed by atoms with E-state index in [-0.39, 0.29) is 25.2 Å². The van der Waals surface area contributed by atoms with Gasteiger partial charge >= 0.3 is 0 Å². The molecule has 0 fully saturated rings. The Morgan fingerprint density at radius 3 is 1.93 bits per heavy atom. The number of anilines is 3. The second kappa shape index (κ2) is 14.9. The van der Waals surface area contributed by atoms with Gasteiger partial charge in [0, 0.05) is 52.9 Å². The Labute approximate surface area is 172 Å². The first-order valence-electron chi connectivity index (χ1n) is 8.13. The van der Waals surface area contributed by atoms with Crippen molar-refractivity contribution in [2.75, 3.05) is 56.9 Å². The average Bonchev–Trinajstić information content (AvgIpc) is 2.64. The van der Waals surface area contributed by atoms with Crippen LogP contribution in [0.2, 0.25) is 0 Å². The van der Waals surface area contributed by atoms with Crippen molar-refractivity contribution in [1.29, 1.82) is 0 Å². The number of benzene rings is 2. The van der Waals surface area contributed by atoms with E-state index < -0.39 is 4.92 Å². The predicted molar refractivity (Wildman–Crippen MR) is 105 cm³/mol. The molecule has 0 radical (unpaired) electrons. The van der Waals surface area contributed by atoms with Crippen LogP contribution >= 0.6 is 0 Å². The molecule has 8 nitrogen and oxygen atoms in total. The molecular weight excluding hydrogens is 402 g/mol. The van der Waals surface area contributed by atoms with E-state index in [1.807, 2.05) is 24.3 Å². The van der Waals surface area contributed by atoms with Gasteiger partial charge in [0.1, 0.15) is 5.69 Å². The van der Waals surface area contributed by atoms with Crippen molar-refractivity contribution >= 4 is 22.7 Å². The van der Waals surface area contributed by atoms with E-state index in [1.165, 1.54) is 6.07 Å². The van der Waals surface area contributed by atoms with E-state index in [4.69, 9.17) is 15.2 Å². The number of nitrogens with one attached hydrogen (secondary N) is 2. The number of hydrogen-bond acceptors (Lipinski definition) is 7. The number of para-hydroxylation sites is 4. The van der Waals surface area contributed by atoms with Crippen molar-refractivity contribution in [1.82, 2.24) is 0 Å². The smallest absolute Gasteiger partial charge is 0.292 e. The van der Waals surface area contributed by atoms with Gasteiger partial charge in [-0.05, 0) is 18.2 Å². The molecule has 0 spiro atoms. The number of hydrogen-bond donors (Lipinski definition) is 3. The first kappa shape index (κ1) is 24.8. The van der Waals surface area contributed by atoms with Crippen LogP contribution in [0, 0.1) is 10.1 Å². The van der Waals surface area contributed by atoms with Gasteiger partial charge in [-0.2, -0.15) is 0 Å². The summed E-state index contributed by atoms with van der Waals surface area (Å²) in [5.74, 6) is 0. The van der Waals surface area contributed by atoms with Crippen LogP contribution in [0.3, 0.4) is 0 Å². The molecule has 0 aliphatic carbocycles. The number of methoxy groups -OCH3 is 2. The SMILES string of the molecule is COCCNc1ccccc1N.COCCNc1ccccc1[N+](=O)[O-].[Zn]. The van der Waals surface area contributed by atoms with Crippen LogP contribution in [0.5, 0.6) is 0 Å². The Morgan fingerprint density at radius 1 is 0.926 bits per heavy atom. The number of nitrogens with two attached hydrogens (primary N) is 1. The van der Waals surface area contributed by atoms with Gasteiger partial charge in [0.2, 0.25) is 0 Å². The van der Waals surface area contributed by atoms with Crippen molar-refractivity contribution in [2.24, 2.45) is 0 Å². The molecule has 2 aromatic carbocycles. The molecule has 144 valence electrons. The minimum atomic E-state index is -0.408. The van der Waals surface area contributed by atoms with Crippen molar-refractivity contribution in [3.63, 3.8) is 0 Å². The normalized spacial score (nSPS) is 9.41. The van der Waals surface area contributed by atoms with Gasteiger partial charge in [0.25, 0.3) is 5.69 Å². The molecule has 9 heteroatoms. The third-order valence-electron chi connectivity index (χ3n) is 3.30. The summed E-state index contributed by atoms with van der Waals surface area (Å²) in [6.07, 6.45) is 0. The first-order valence-corrected chi connectivity index (χ1v) is 8.13. The average molecular weight is 428 g/mol. The molecule has 4 N–H and O–H groups in total. The van der Waals surface area contributed by atoms with Crippen molar-refractivity contribution in [3.8, 4) is 0 Å². The minimum absolute atomic E-state index is 0. The number of rotatable bonds is 9. The fraction of sp³-hybridized carbons (Fsp3) is 0.333. The van der Waals surface area contributed by atoms with Gasteiger partial charge in [-0.25, -0.2) is 0 Å². The fourth-order valence-electron chi connectivity index (χ4n) is 2.02. The molecule has 0 bridgehead atoms. The largest absolute Gasteiger partial charge is 0.397 e. The molecule has 0 aliphatic heterocycles. The standard InChI is InChI=1S/C9H12N2O3.C9H14N2O.Zn/c1-14-7-6-10-8-4-2-3-5-9(8)11(12)13;1-12-7-6-11-9-5-3-2-4-8(9)10;/h2-5,10H,6-7H2,1H3;2-5,11H,6-7,10H2,1H3;. The van der Waals surface area contributed by atoms with E-state index in [2.05, 4.69) is 10.6 Å². The van der Waals surface area contributed by atoms with Crippen LogP contribution in [0.25, 0.3) is 0 Å². The summed E-state index contributed by atoms with van der Waals surface area (Å²) in [7, 11) is 3.26. The summed E-state index contributed by atoms with van der Waals surface area (Å²) in [6, 6.07) is 14.2. The van der Waals surface area contributed by atoms with Gasteiger partial charge in [-0.1, -0.05) is 24.3 Å². The van der Waals surface area contributed by atoms with Crippen molar-refractivity contribution in [3.05, 3.63) is 58.6 Å². The zero-order valence-electron chi connectivity index (χ0n) is 15.8. The van der Waals surface area contributed by atoms with Gasteiger partial charge < -0.3 is 25.8 Å². The number of nitro groups is 1. The van der Waals surface area contributed by atoms with Crippen LogP contribution in [0.4, 0.5) is 22.7 Å². The maximum Gasteiger partial charge on any atom is 0.292 e. The molecule has 0 unspecified atom stereocenters. The third kappa shape index (κ3) is 9.89. The maximum absolute atomic E-state index is 10.6. The molecule has 0 heterocycles. The van der Waals surface area contributed by atoms with Crippen molar-refractivity contribution < 1.29 is 33.9 Å². The van der Waals surface area contributed by atoms with Crippen LogP contribution in [-0.4, -0.2) is 45.4 Å². The van der Waals surface area contributed by atoms with Crippen LogP contribution in [0.15, 0.2) is 48.5 Å². The van der Waals surface area contributed by atoms with Gasteiger partial charge in [-0.3, -0.25) is 10.1 Å². The number of ether oxygens (including phenoxy) is 2. The summed E-state index contributed by atoms with van der Waals surface area (Å²) in [6.45, 7) is 2.55. The molecule has 2 rings (SSSR count). The van der Waals surface area contributed by atoms with Gasteiger partial charge in [-0.15, -0.1) is 0 Å². The minimum Gasteiger partial charge on any atom is -0.397 e. The van der Waals surface area contributed by atoms with Gasteiger partial charge in [0.05, 0.1) is 29.5 Å². The Bertz CT molecular complexity index is 673. The monoisotopic (exact) mass is 426 g/mol. The number of nitro benzene ring substituents is 1. The summed E-state index contributed by atoms with van der Waals surface area (Å²) < 4.78 is 9.73. The number of nitrogen functional groups attached to an aromatic ring is 1. The topological polar surface area (TPSA) is 112 Å². The van der Waals surface area contributed by atoms with Crippen LogP contribution in [0.1, 0.15) is 0 Å². The van der Waals surface area contributed by atoms with E-state index in [0.29, 0.717) is 25.4 Å². The Balaban J connectivity index is 0.000000488. The Hall–Kier alpha value is -2.22. The summed E-state index contributed by atoms with van der Waals surface area (Å²) >= 11 is 0. The molecule has 0 saturated carbocycles. The van der Waals surface area contributed by atoms with E-state index in [9.17, 15) is 10.1 Å². The van der Waals surface area contributed by atoms with Gasteiger partial charge in [0.15, 0.2) is 0 Å². The molecule has 27 heavy (non-hydrogen) atoms. The second-order valence-corrected chi connectivity index (χ2v) is 5.20. The predicted octanol–water partition coefficient (Wildman–Crippen LogP) is 2.98. The molecule has 0 amide bonds. The third-order valence-corrected chi connectivity index (χ3v) is 3.30.